The summed E-state index contributed by atoms with van der Waals surface area (Å²) in [6.07, 6.45) is 1.17. The SMILES string of the molecule is CCC[C@H]1O[C@@H]2OC(C)O[C@@H]2[C@H]1OCc1ccccc1OC. The molecule has 5 heteroatoms. The first-order valence-corrected chi connectivity index (χ1v) is 7.92. The molecule has 1 aromatic rings. The van der Waals surface area contributed by atoms with Gasteiger partial charge in [-0.3, -0.25) is 0 Å². The van der Waals surface area contributed by atoms with Crippen LogP contribution in [0.2, 0.25) is 0 Å². The molecule has 2 fully saturated rings. The van der Waals surface area contributed by atoms with E-state index < -0.39 is 0 Å². The maximum atomic E-state index is 6.15. The van der Waals surface area contributed by atoms with Gasteiger partial charge in [0.15, 0.2) is 12.6 Å². The third-order valence-corrected chi connectivity index (χ3v) is 4.14. The van der Waals surface area contributed by atoms with Gasteiger partial charge in [-0.2, -0.15) is 0 Å². The summed E-state index contributed by atoms with van der Waals surface area (Å²) < 4.78 is 28.9. The van der Waals surface area contributed by atoms with Gasteiger partial charge >= 0.3 is 0 Å². The van der Waals surface area contributed by atoms with Crippen LogP contribution in [0.25, 0.3) is 0 Å². The van der Waals surface area contributed by atoms with Crippen LogP contribution >= 0.6 is 0 Å². The summed E-state index contributed by atoms with van der Waals surface area (Å²) in [5.41, 5.74) is 1.02. The summed E-state index contributed by atoms with van der Waals surface area (Å²) in [7, 11) is 1.67. The van der Waals surface area contributed by atoms with Gasteiger partial charge in [-0.05, 0) is 19.4 Å². The molecule has 1 unspecified atom stereocenters. The van der Waals surface area contributed by atoms with E-state index >= 15 is 0 Å². The van der Waals surface area contributed by atoms with E-state index in [1.165, 1.54) is 0 Å². The Morgan fingerprint density at radius 3 is 2.73 bits per heavy atom. The van der Waals surface area contributed by atoms with Crippen LogP contribution in [0.1, 0.15) is 32.3 Å². The third-order valence-electron chi connectivity index (χ3n) is 4.14. The average Bonchev–Trinajstić information content (AvgIpc) is 3.02. The summed E-state index contributed by atoms with van der Waals surface area (Å²) in [4.78, 5) is 0. The molecule has 0 amide bonds. The van der Waals surface area contributed by atoms with Crippen molar-refractivity contribution >= 4 is 0 Å². The van der Waals surface area contributed by atoms with Gasteiger partial charge in [0, 0.05) is 5.56 Å². The van der Waals surface area contributed by atoms with E-state index in [1.807, 2.05) is 31.2 Å². The standard InChI is InChI=1S/C17H24O5/c1-4-7-14-15(16-17(22-14)21-11(2)20-16)19-10-12-8-5-6-9-13(12)18-3/h5-6,8-9,11,14-17H,4,7,10H2,1-3H3/t11?,14-,15+,16-,17+/m1/s1. The molecule has 22 heavy (non-hydrogen) atoms. The lowest BCUT2D eigenvalue weighted by molar-refractivity contribution is -0.168. The van der Waals surface area contributed by atoms with E-state index in [0.717, 1.165) is 24.2 Å². The average molecular weight is 308 g/mol. The Hall–Kier alpha value is -1.14. The van der Waals surface area contributed by atoms with Crippen LogP contribution in [0.15, 0.2) is 24.3 Å². The Kier molecular flexibility index (Phi) is 4.98. The molecule has 2 heterocycles. The number of para-hydroxylation sites is 1. The van der Waals surface area contributed by atoms with Crippen molar-refractivity contribution in [3.05, 3.63) is 29.8 Å². The highest BCUT2D eigenvalue weighted by molar-refractivity contribution is 5.32. The number of methoxy groups -OCH3 is 1. The Bertz CT molecular complexity index is 492. The Labute approximate surface area is 131 Å². The van der Waals surface area contributed by atoms with Crippen LogP contribution in [0, 0.1) is 0 Å². The highest BCUT2D eigenvalue weighted by Crippen LogP contribution is 2.36. The second kappa shape index (κ2) is 6.96. The van der Waals surface area contributed by atoms with Crippen molar-refractivity contribution in [3.63, 3.8) is 0 Å². The quantitative estimate of drug-likeness (QED) is 0.808. The van der Waals surface area contributed by atoms with Crippen LogP contribution < -0.4 is 4.74 Å². The van der Waals surface area contributed by atoms with Crippen molar-refractivity contribution in [1.29, 1.82) is 0 Å². The minimum absolute atomic E-state index is 0.0159. The van der Waals surface area contributed by atoms with Crippen molar-refractivity contribution in [2.75, 3.05) is 7.11 Å². The molecule has 0 bridgehead atoms. The van der Waals surface area contributed by atoms with Crippen molar-refractivity contribution in [1.82, 2.24) is 0 Å². The van der Waals surface area contributed by atoms with Crippen LogP contribution in [-0.2, 0) is 25.6 Å². The molecular formula is C17H24O5. The number of fused-ring (bicyclic) bond motifs is 1. The van der Waals surface area contributed by atoms with E-state index in [9.17, 15) is 0 Å². The van der Waals surface area contributed by atoms with E-state index in [1.54, 1.807) is 7.11 Å². The van der Waals surface area contributed by atoms with Crippen molar-refractivity contribution < 1.29 is 23.7 Å². The van der Waals surface area contributed by atoms with Gasteiger partial charge in [0.2, 0.25) is 0 Å². The summed E-state index contributed by atoms with van der Waals surface area (Å²) in [5.74, 6) is 0.835. The molecule has 2 aliphatic heterocycles. The highest BCUT2D eigenvalue weighted by Gasteiger charge is 2.51. The first-order valence-electron chi connectivity index (χ1n) is 7.92. The maximum absolute atomic E-state index is 6.15. The predicted molar refractivity (Wildman–Crippen MR) is 80.6 cm³/mol. The minimum atomic E-state index is -0.311. The van der Waals surface area contributed by atoms with Gasteiger partial charge in [0.25, 0.3) is 0 Å². The molecule has 0 aliphatic carbocycles. The number of ether oxygens (including phenoxy) is 5. The van der Waals surface area contributed by atoms with Crippen LogP contribution in [0.5, 0.6) is 5.75 Å². The fourth-order valence-electron chi connectivity index (χ4n) is 3.11. The summed E-state index contributed by atoms with van der Waals surface area (Å²) >= 11 is 0. The van der Waals surface area contributed by atoms with E-state index in [0.29, 0.717) is 6.61 Å². The molecule has 0 aromatic heterocycles. The van der Waals surface area contributed by atoms with Gasteiger partial charge in [-0.1, -0.05) is 31.5 Å². The first kappa shape index (κ1) is 15.7. The van der Waals surface area contributed by atoms with Crippen molar-refractivity contribution in [2.24, 2.45) is 0 Å². The Balaban J connectivity index is 1.68. The lowest BCUT2D eigenvalue weighted by Gasteiger charge is -2.23. The molecule has 2 saturated heterocycles. The zero-order chi connectivity index (χ0) is 15.5. The molecule has 3 rings (SSSR count). The Morgan fingerprint density at radius 1 is 1.14 bits per heavy atom. The monoisotopic (exact) mass is 308 g/mol. The molecule has 2 aliphatic rings. The van der Waals surface area contributed by atoms with E-state index in [2.05, 4.69) is 6.92 Å². The fraction of sp³-hybridized carbons (Fsp3) is 0.647. The molecule has 122 valence electrons. The van der Waals surface area contributed by atoms with E-state index in [-0.39, 0.29) is 30.9 Å². The number of hydrogen-bond acceptors (Lipinski definition) is 5. The van der Waals surface area contributed by atoms with Gasteiger partial charge in [0.1, 0.15) is 18.0 Å². The number of hydrogen-bond donors (Lipinski definition) is 0. The largest absolute Gasteiger partial charge is 0.496 e. The molecule has 0 saturated carbocycles. The van der Waals surface area contributed by atoms with E-state index in [4.69, 9.17) is 23.7 Å². The summed E-state index contributed by atoms with van der Waals surface area (Å²) in [6, 6.07) is 7.88. The second-order valence-electron chi connectivity index (χ2n) is 5.72. The molecular weight excluding hydrogens is 284 g/mol. The lowest BCUT2D eigenvalue weighted by atomic mass is 10.1. The van der Waals surface area contributed by atoms with Gasteiger partial charge < -0.3 is 23.7 Å². The lowest BCUT2D eigenvalue weighted by Crippen LogP contribution is -2.35. The maximum Gasteiger partial charge on any atom is 0.189 e. The summed E-state index contributed by atoms with van der Waals surface area (Å²) in [6.45, 7) is 4.49. The fourth-order valence-corrected chi connectivity index (χ4v) is 3.11. The van der Waals surface area contributed by atoms with Gasteiger partial charge in [0.05, 0.1) is 19.8 Å². The third kappa shape index (κ3) is 3.13. The molecule has 5 atom stereocenters. The molecule has 0 spiro atoms. The van der Waals surface area contributed by atoms with Gasteiger partial charge in [-0.25, -0.2) is 0 Å². The molecule has 0 N–H and O–H groups in total. The molecule has 5 nitrogen and oxygen atoms in total. The second-order valence-corrected chi connectivity index (χ2v) is 5.72. The zero-order valence-electron chi connectivity index (χ0n) is 13.4. The predicted octanol–water partition coefficient (Wildman–Crippen LogP) is 2.87. The van der Waals surface area contributed by atoms with Crippen LogP contribution in [-0.4, -0.2) is 38.0 Å². The summed E-state index contributed by atoms with van der Waals surface area (Å²) in [5, 5.41) is 0. The van der Waals surface area contributed by atoms with Crippen molar-refractivity contribution in [3.8, 4) is 5.75 Å². The normalized spacial score (nSPS) is 33.9. The Morgan fingerprint density at radius 2 is 1.95 bits per heavy atom. The molecule has 0 radical (unpaired) electrons. The van der Waals surface area contributed by atoms with Crippen LogP contribution in [0.3, 0.4) is 0 Å². The topological polar surface area (TPSA) is 46.2 Å². The first-order chi connectivity index (χ1) is 10.7. The zero-order valence-corrected chi connectivity index (χ0v) is 13.4. The number of benzene rings is 1. The highest BCUT2D eigenvalue weighted by atomic mass is 16.8. The smallest absolute Gasteiger partial charge is 0.189 e. The minimum Gasteiger partial charge on any atom is -0.496 e. The van der Waals surface area contributed by atoms with Crippen LogP contribution in [0.4, 0.5) is 0 Å². The molecule has 1 aromatic carbocycles. The number of rotatable bonds is 6. The van der Waals surface area contributed by atoms with Gasteiger partial charge in [-0.15, -0.1) is 0 Å². The van der Waals surface area contributed by atoms with Crippen molar-refractivity contribution in [2.45, 2.75) is 64.2 Å².